The van der Waals surface area contributed by atoms with E-state index in [1.54, 1.807) is 0 Å². The van der Waals surface area contributed by atoms with Crippen molar-refractivity contribution in [3.63, 3.8) is 0 Å². The highest BCUT2D eigenvalue weighted by Crippen LogP contribution is 2.46. The van der Waals surface area contributed by atoms with Crippen molar-refractivity contribution >= 4 is 5.96 Å². The number of hydrogen-bond acceptors (Lipinski definition) is 3. The topological polar surface area (TPSA) is 74.5 Å². The van der Waals surface area contributed by atoms with E-state index >= 15 is 0 Å². The predicted molar refractivity (Wildman–Crippen MR) is 107 cm³/mol. The summed E-state index contributed by atoms with van der Waals surface area (Å²) in [4.78, 5) is 8.36. The second-order valence-corrected chi connectivity index (χ2v) is 8.54. The number of halogens is 3. The van der Waals surface area contributed by atoms with Crippen LogP contribution in [-0.4, -0.2) is 46.4 Å². The average molecular weight is 418 g/mol. The van der Waals surface area contributed by atoms with Gasteiger partial charge in [-0.1, -0.05) is 20.3 Å². The third-order valence-corrected chi connectivity index (χ3v) is 5.61. The van der Waals surface area contributed by atoms with E-state index in [4.69, 9.17) is 0 Å². The molecule has 1 aliphatic rings. The van der Waals surface area contributed by atoms with Gasteiger partial charge < -0.3 is 20.3 Å². The van der Waals surface area contributed by atoms with Crippen LogP contribution in [0.3, 0.4) is 0 Å². The van der Waals surface area contributed by atoms with Gasteiger partial charge in [0.05, 0.1) is 0 Å². The van der Waals surface area contributed by atoms with Crippen LogP contribution >= 0.6 is 0 Å². The summed E-state index contributed by atoms with van der Waals surface area (Å²) in [7, 11) is 1.44. The van der Waals surface area contributed by atoms with Crippen LogP contribution < -0.4 is 10.6 Å². The first-order valence-electron chi connectivity index (χ1n) is 10.3. The van der Waals surface area contributed by atoms with Crippen molar-refractivity contribution in [2.45, 2.75) is 64.7 Å². The van der Waals surface area contributed by atoms with E-state index in [1.165, 1.54) is 30.4 Å². The lowest BCUT2D eigenvalue weighted by Gasteiger charge is -2.42. The summed E-state index contributed by atoms with van der Waals surface area (Å²) in [6, 6.07) is 0. The maximum Gasteiger partial charge on any atom is 0.424 e. The number of aromatic nitrogens is 2. The lowest BCUT2D eigenvalue weighted by Crippen LogP contribution is -2.48. The second kappa shape index (κ2) is 9.36. The van der Waals surface area contributed by atoms with Gasteiger partial charge in [-0.15, -0.1) is 0 Å². The largest absolute Gasteiger partial charge is 0.424 e. The van der Waals surface area contributed by atoms with Crippen LogP contribution in [-0.2, 0) is 12.6 Å². The molecular formula is C20H34F3N5O. The molecule has 0 spiro atoms. The summed E-state index contributed by atoms with van der Waals surface area (Å²) in [6.07, 6.45) is 1.81. The molecule has 1 aromatic rings. The van der Waals surface area contributed by atoms with Crippen LogP contribution in [0.5, 0.6) is 0 Å². The Bertz CT molecular complexity index is 682. The molecule has 1 aliphatic carbocycles. The number of alkyl halides is 3. The number of nitrogens with zero attached hydrogens (tertiary/aromatic N) is 3. The van der Waals surface area contributed by atoms with E-state index in [2.05, 4.69) is 34.5 Å². The van der Waals surface area contributed by atoms with Gasteiger partial charge in [0.1, 0.15) is 5.82 Å². The van der Waals surface area contributed by atoms with Crippen molar-refractivity contribution in [3.05, 3.63) is 18.2 Å². The molecule has 0 saturated heterocycles. The third-order valence-electron chi connectivity index (χ3n) is 5.61. The molecule has 0 amide bonds. The molecular weight excluding hydrogens is 383 g/mol. The maximum absolute atomic E-state index is 13.6. The summed E-state index contributed by atoms with van der Waals surface area (Å²) >= 11 is 0. The number of guanidine groups is 1. The van der Waals surface area contributed by atoms with Crippen molar-refractivity contribution in [1.82, 2.24) is 20.2 Å². The van der Waals surface area contributed by atoms with Gasteiger partial charge in [-0.2, -0.15) is 13.2 Å². The van der Waals surface area contributed by atoms with Crippen molar-refractivity contribution in [1.29, 1.82) is 0 Å². The summed E-state index contributed by atoms with van der Waals surface area (Å²) < 4.78 is 42.1. The molecule has 9 heteroatoms. The van der Waals surface area contributed by atoms with Gasteiger partial charge in [-0.3, -0.25) is 4.99 Å². The third kappa shape index (κ3) is 5.65. The molecule has 3 N–H and O–H groups in total. The second-order valence-electron chi connectivity index (χ2n) is 8.54. The first kappa shape index (κ1) is 23.5. The van der Waals surface area contributed by atoms with Crippen molar-refractivity contribution in [2.75, 3.05) is 19.6 Å². The molecule has 166 valence electrons. The fourth-order valence-electron chi connectivity index (χ4n) is 4.06. The van der Waals surface area contributed by atoms with Gasteiger partial charge in [-0.05, 0) is 37.5 Å². The van der Waals surface area contributed by atoms with Gasteiger partial charge in [-0.25, -0.2) is 4.98 Å². The summed E-state index contributed by atoms with van der Waals surface area (Å²) in [5.74, 6) is 0.645. The van der Waals surface area contributed by atoms with Gasteiger partial charge in [0.25, 0.3) is 0 Å². The SMILES string of the molecule is CCNC(=NCC1(CC(C)C)CCC1)NCCC(O)(c1nccn1C)C(F)(F)F. The van der Waals surface area contributed by atoms with Crippen LogP contribution in [0.2, 0.25) is 0 Å². The monoisotopic (exact) mass is 417 g/mol. The molecule has 0 bridgehead atoms. The highest BCUT2D eigenvalue weighted by Gasteiger charge is 2.57. The highest BCUT2D eigenvalue weighted by molar-refractivity contribution is 5.79. The first-order chi connectivity index (χ1) is 13.5. The Morgan fingerprint density at radius 3 is 2.48 bits per heavy atom. The molecule has 0 aliphatic heterocycles. The molecule has 1 fully saturated rings. The number of rotatable bonds is 9. The van der Waals surface area contributed by atoms with Crippen molar-refractivity contribution in [3.8, 4) is 0 Å². The van der Waals surface area contributed by atoms with E-state index in [1.807, 2.05) is 6.92 Å². The molecule has 1 saturated carbocycles. The molecule has 1 atom stereocenters. The standard InChI is InChI=1S/C20H34F3N5O/c1-5-24-17(27-14-18(7-6-8-18)13-15(2)3)26-10-9-19(29,20(21,22)23)16-25-11-12-28(16)4/h11-12,15,29H,5-10,13-14H2,1-4H3,(H2,24,26,27). The average Bonchev–Trinajstić information content (AvgIpc) is 3.02. The summed E-state index contributed by atoms with van der Waals surface area (Å²) in [5.41, 5.74) is -2.82. The van der Waals surface area contributed by atoms with Gasteiger partial charge in [0.2, 0.25) is 5.60 Å². The van der Waals surface area contributed by atoms with E-state index in [9.17, 15) is 18.3 Å². The Morgan fingerprint density at radius 1 is 1.34 bits per heavy atom. The number of hydrogen-bond donors (Lipinski definition) is 3. The highest BCUT2D eigenvalue weighted by atomic mass is 19.4. The van der Waals surface area contributed by atoms with Crippen molar-refractivity contribution < 1.29 is 18.3 Å². The predicted octanol–water partition coefficient (Wildman–Crippen LogP) is 3.33. The Morgan fingerprint density at radius 2 is 2.03 bits per heavy atom. The minimum absolute atomic E-state index is 0.0914. The molecule has 0 aromatic carbocycles. The number of aliphatic hydroxyl groups is 1. The zero-order valence-corrected chi connectivity index (χ0v) is 17.8. The van der Waals surface area contributed by atoms with E-state index < -0.39 is 24.0 Å². The summed E-state index contributed by atoms with van der Waals surface area (Å²) in [5, 5.41) is 16.5. The number of aryl methyl sites for hydroxylation is 1. The van der Waals surface area contributed by atoms with Crippen LogP contribution in [0.15, 0.2) is 17.4 Å². The number of nitrogens with one attached hydrogen (secondary N) is 2. The Balaban J connectivity index is 2.04. The minimum atomic E-state index is -4.84. The zero-order valence-electron chi connectivity index (χ0n) is 17.8. The smallest absolute Gasteiger partial charge is 0.374 e. The maximum atomic E-state index is 13.6. The first-order valence-corrected chi connectivity index (χ1v) is 10.3. The quantitative estimate of drug-likeness (QED) is 0.426. The molecule has 1 unspecified atom stereocenters. The minimum Gasteiger partial charge on any atom is -0.374 e. The zero-order chi connectivity index (χ0) is 21.7. The molecule has 1 aromatic heterocycles. The van der Waals surface area contributed by atoms with Crippen LogP contribution in [0.4, 0.5) is 13.2 Å². The molecule has 0 radical (unpaired) electrons. The van der Waals surface area contributed by atoms with Crippen LogP contribution in [0, 0.1) is 11.3 Å². The van der Waals surface area contributed by atoms with Gasteiger partial charge >= 0.3 is 6.18 Å². The van der Waals surface area contributed by atoms with Gasteiger partial charge in [0, 0.05) is 45.5 Å². The van der Waals surface area contributed by atoms with Crippen molar-refractivity contribution in [2.24, 2.45) is 23.4 Å². The van der Waals surface area contributed by atoms with Gasteiger partial charge in [0.15, 0.2) is 5.96 Å². The lowest BCUT2D eigenvalue weighted by molar-refractivity contribution is -0.272. The Hall–Kier alpha value is -1.77. The fourth-order valence-corrected chi connectivity index (χ4v) is 4.06. The Labute approximate surface area is 171 Å². The van der Waals surface area contributed by atoms with Crippen LogP contribution in [0.1, 0.15) is 58.7 Å². The molecule has 1 heterocycles. The normalized spacial score (nSPS) is 19.0. The summed E-state index contributed by atoms with van der Waals surface area (Å²) in [6.45, 7) is 7.47. The van der Waals surface area contributed by atoms with E-state index in [0.29, 0.717) is 25.0 Å². The fraction of sp³-hybridized carbons (Fsp3) is 0.800. The van der Waals surface area contributed by atoms with E-state index in [-0.39, 0.29) is 12.0 Å². The van der Waals surface area contributed by atoms with E-state index in [0.717, 1.165) is 19.3 Å². The molecule has 6 nitrogen and oxygen atoms in total. The van der Waals surface area contributed by atoms with Crippen LogP contribution in [0.25, 0.3) is 0 Å². The molecule has 2 rings (SSSR count). The molecule has 29 heavy (non-hydrogen) atoms. The Kier molecular flexibility index (Phi) is 7.59. The lowest BCUT2D eigenvalue weighted by atomic mass is 9.64. The number of aliphatic imine (C=N–C) groups is 1. The number of imidazole rings is 1.